The van der Waals surface area contributed by atoms with Crippen molar-refractivity contribution in [2.24, 2.45) is 0 Å². The van der Waals surface area contributed by atoms with Crippen LogP contribution in [0, 0.1) is 0 Å². The molecule has 0 aliphatic heterocycles. The van der Waals surface area contributed by atoms with Gasteiger partial charge < -0.3 is 0 Å². The average Bonchev–Trinajstić information content (AvgIpc) is 2.15. The van der Waals surface area contributed by atoms with Crippen LogP contribution in [0.1, 0.15) is 10.4 Å². The van der Waals surface area contributed by atoms with Gasteiger partial charge in [-0.2, -0.15) is 5.26 Å². The number of carbonyl (C=O) groups is 1. The molecule has 0 saturated heterocycles. The molecule has 0 spiro atoms. The molecule has 0 aliphatic carbocycles. The highest BCUT2D eigenvalue weighted by Gasteiger charge is 2.11. The zero-order chi connectivity index (χ0) is 11.9. The summed E-state index contributed by atoms with van der Waals surface area (Å²) in [6.45, 7) is 0. The normalized spacial score (nSPS) is 9.93. The molecular weight excluding hydrogens is 323 g/mol. The lowest BCUT2D eigenvalue weighted by molar-refractivity contribution is -1.92. The first-order valence-corrected chi connectivity index (χ1v) is 6.99. The largest absolute Gasteiger partial charge is 0.372 e. The fraction of sp³-hybridized carbons (Fsp3) is 0. The lowest BCUT2D eigenvalue weighted by Gasteiger charge is -1.93. The maximum absolute atomic E-state index is 10.5. The molecule has 0 saturated carbocycles. The molecule has 0 heterocycles. The van der Waals surface area contributed by atoms with Crippen LogP contribution < -0.4 is 30.4 Å². The smallest absolute Gasteiger partial charge is 0.296 e. The number of rotatable bonds is 1. The van der Waals surface area contributed by atoms with Gasteiger partial charge in [-0.05, 0) is 12.1 Å². The monoisotopic (exact) mass is 330 g/mol. The zero-order valence-corrected chi connectivity index (χ0v) is 9.36. The SMILES string of the molecule is O=C(OO)c1ccccc1.[O-][I+3]([O-])([O-])O. The van der Waals surface area contributed by atoms with Crippen molar-refractivity contribution in [1.29, 1.82) is 0 Å². The van der Waals surface area contributed by atoms with Crippen LogP contribution in [0.2, 0.25) is 0 Å². The molecule has 0 fully saturated rings. The molecule has 2 N–H and O–H groups in total. The van der Waals surface area contributed by atoms with Gasteiger partial charge in [-0.1, -0.05) is 18.2 Å². The summed E-state index contributed by atoms with van der Waals surface area (Å²) < 4.78 is 33.2. The van der Waals surface area contributed by atoms with Crippen molar-refractivity contribution in [3.63, 3.8) is 0 Å². The molecule has 1 rings (SSSR count). The van der Waals surface area contributed by atoms with E-state index in [0.717, 1.165) is 0 Å². The maximum Gasteiger partial charge on any atom is 0.372 e. The number of halogens is 1. The Labute approximate surface area is 90.8 Å². The van der Waals surface area contributed by atoms with Gasteiger partial charge in [0.2, 0.25) is 0 Å². The lowest BCUT2D eigenvalue weighted by atomic mass is 10.2. The summed E-state index contributed by atoms with van der Waals surface area (Å²) in [5, 5.41) is 7.94. The van der Waals surface area contributed by atoms with Crippen LogP contribution in [-0.4, -0.2) is 14.7 Å². The molecule has 0 amide bonds. The van der Waals surface area contributed by atoms with Gasteiger partial charge in [-0.15, -0.1) is 0 Å². The number of hydrogen-bond acceptors (Lipinski definition) is 7. The molecule has 84 valence electrons. The van der Waals surface area contributed by atoms with Crippen LogP contribution in [0.5, 0.6) is 0 Å². The van der Waals surface area contributed by atoms with Gasteiger partial charge in [0, 0.05) is 3.44 Å². The Kier molecular flexibility index (Phi) is 6.31. The standard InChI is InChI=1S/C7H6O3.HIO4/c8-7(10-9)6-4-2-1-3-5-6;2-1(3,4)5/h1-5,9H;2H. The minimum absolute atomic E-state index is 0.338. The van der Waals surface area contributed by atoms with E-state index in [1.165, 1.54) is 0 Å². The van der Waals surface area contributed by atoms with Crippen molar-refractivity contribution in [2.75, 3.05) is 0 Å². The number of benzene rings is 1. The van der Waals surface area contributed by atoms with Gasteiger partial charge in [-0.25, -0.2) is 4.79 Å². The van der Waals surface area contributed by atoms with E-state index in [4.69, 9.17) is 19.0 Å². The molecular formula is C7H7IO7. The minimum Gasteiger partial charge on any atom is -0.296 e. The van der Waals surface area contributed by atoms with E-state index in [1.807, 2.05) is 0 Å². The van der Waals surface area contributed by atoms with E-state index in [-0.39, 0.29) is 0 Å². The molecule has 0 radical (unpaired) electrons. The molecule has 0 aromatic heterocycles. The number of hydrogen-bond donors (Lipinski definition) is 2. The van der Waals surface area contributed by atoms with Crippen molar-refractivity contribution in [3.05, 3.63) is 35.9 Å². The summed E-state index contributed by atoms with van der Waals surface area (Å²) in [5.74, 6) is -0.736. The Morgan fingerprint density at radius 2 is 1.60 bits per heavy atom. The molecule has 7 nitrogen and oxygen atoms in total. The van der Waals surface area contributed by atoms with E-state index < -0.39 is 26.1 Å². The molecule has 1 aromatic rings. The summed E-state index contributed by atoms with van der Waals surface area (Å²) in [4.78, 5) is 14.0. The predicted octanol–water partition coefficient (Wildman–Crippen LogP) is -5.80. The Balaban J connectivity index is 0.000000336. The van der Waals surface area contributed by atoms with E-state index in [9.17, 15) is 4.79 Å². The topological polar surface area (TPSA) is 136 Å². The Morgan fingerprint density at radius 1 is 1.20 bits per heavy atom. The Morgan fingerprint density at radius 3 is 1.93 bits per heavy atom. The third kappa shape index (κ3) is 9.52. The zero-order valence-electron chi connectivity index (χ0n) is 7.20. The highest BCUT2D eigenvalue weighted by Crippen LogP contribution is 1.98. The average molecular weight is 330 g/mol. The first kappa shape index (κ1) is 14.2. The van der Waals surface area contributed by atoms with Crippen molar-refractivity contribution < 1.29 is 48.8 Å². The fourth-order valence-corrected chi connectivity index (χ4v) is 0.627. The third-order valence-electron chi connectivity index (χ3n) is 1.09. The van der Waals surface area contributed by atoms with E-state index in [0.29, 0.717) is 5.56 Å². The lowest BCUT2D eigenvalue weighted by Crippen LogP contribution is -4.23. The van der Waals surface area contributed by atoms with E-state index in [2.05, 4.69) is 4.89 Å². The fourth-order valence-electron chi connectivity index (χ4n) is 0.627. The summed E-state index contributed by atoms with van der Waals surface area (Å²) >= 11 is -5.69. The molecule has 0 aliphatic rings. The van der Waals surface area contributed by atoms with Crippen LogP contribution in [0.25, 0.3) is 0 Å². The number of carbonyl (C=O) groups excluding carboxylic acids is 1. The first-order valence-electron chi connectivity index (χ1n) is 3.38. The van der Waals surface area contributed by atoms with Crippen molar-refractivity contribution in [3.8, 4) is 0 Å². The van der Waals surface area contributed by atoms with Gasteiger partial charge in [0.25, 0.3) is 0 Å². The summed E-state index contributed by atoms with van der Waals surface area (Å²) in [6, 6.07) is 8.25. The second kappa shape index (κ2) is 6.66. The first-order chi connectivity index (χ1) is 6.84. The second-order valence-corrected chi connectivity index (χ2v) is 4.40. The predicted molar refractivity (Wildman–Crippen MR) is 36.7 cm³/mol. The third-order valence-corrected chi connectivity index (χ3v) is 1.09. The molecule has 0 atom stereocenters. The summed E-state index contributed by atoms with van der Waals surface area (Å²) in [5.41, 5.74) is 0.338. The van der Waals surface area contributed by atoms with Gasteiger partial charge in [0.1, 0.15) is 0 Å². The van der Waals surface area contributed by atoms with E-state index in [1.54, 1.807) is 30.3 Å². The Hall–Kier alpha value is -0.780. The van der Waals surface area contributed by atoms with Crippen LogP contribution >= 0.6 is 0 Å². The van der Waals surface area contributed by atoms with E-state index >= 15 is 0 Å². The van der Waals surface area contributed by atoms with Crippen LogP contribution in [-0.2, 0) is 4.89 Å². The Bertz CT molecular complexity index is 288. The summed E-state index contributed by atoms with van der Waals surface area (Å²) in [6.07, 6.45) is 0. The highest BCUT2D eigenvalue weighted by atomic mass is 127. The van der Waals surface area contributed by atoms with Crippen LogP contribution in [0.3, 0.4) is 0 Å². The van der Waals surface area contributed by atoms with Crippen LogP contribution in [0.15, 0.2) is 30.3 Å². The van der Waals surface area contributed by atoms with Gasteiger partial charge >= 0.3 is 26.1 Å². The minimum atomic E-state index is -5.69. The van der Waals surface area contributed by atoms with Crippen molar-refractivity contribution in [2.45, 2.75) is 0 Å². The maximum atomic E-state index is 10.5. The quantitative estimate of drug-likeness (QED) is 0.297. The molecule has 1 aromatic carbocycles. The van der Waals surface area contributed by atoms with Gasteiger partial charge in [0.15, 0.2) is 0 Å². The second-order valence-electron chi connectivity index (χ2n) is 2.14. The molecule has 15 heavy (non-hydrogen) atoms. The highest BCUT2D eigenvalue weighted by molar-refractivity contribution is 5.88. The van der Waals surface area contributed by atoms with Crippen LogP contribution in [0.4, 0.5) is 0 Å². The van der Waals surface area contributed by atoms with Gasteiger partial charge in [-0.3, -0.25) is 15.2 Å². The molecule has 0 bridgehead atoms. The summed E-state index contributed by atoms with van der Waals surface area (Å²) in [7, 11) is 0. The van der Waals surface area contributed by atoms with Crippen molar-refractivity contribution in [1.82, 2.24) is 0 Å². The van der Waals surface area contributed by atoms with Crippen molar-refractivity contribution >= 4 is 5.97 Å². The molecule has 0 unspecified atom stereocenters. The van der Waals surface area contributed by atoms with Gasteiger partial charge in [0.05, 0.1) is 5.56 Å². The molecule has 8 heteroatoms.